The smallest absolute Gasteiger partial charge is 0.357 e. The Hall–Kier alpha value is -0.460. The molecule has 0 spiro atoms. The largest absolute Gasteiger partial charge is 0.464 e. The lowest BCUT2D eigenvalue weighted by atomic mass is 10.1. The molecule has 1 aromatic heterocycles. The summed E-state index contributed by atoms with van der Waals surface area (Å²) in [4.78, 5) is 16.4. The molecule has 0 saturated carbocycles. The average Bonchev–Trinajstić information content (AvgIpc) is 2.84. The van der Waals surface area contributed by atoms with Crippen molar-refractivity contribution < 1.29 is 14.3 Å². The van der Waals surface area contributed by atoms with Crippen molar-refractivity contribution in [2.24, 2.45) is 0 Å². The molecule has 0 N–H and O–H groups in total. The molecular formula is C9H10BrNO3S. The second-order valence-electron chi connectivity index (χ2n) is 3.17. The fraction of sp³-hybridized carbons (Fsp3) is 0.556. The molecule has 1 saturated heterocycles. The lowest BCUT2D eigenvalue weighted by molar-refractivity contribution is 0.0593. The van der Waals surface area contributed by atoms with Crippen LogP contribution in [0.25, 0.3) is 0 Å². The fourth-order valence-corrected chi connectivity index (χ4v) is 3.40. The summed E-state index contributed by atoms with van der Waals surface area (Å²) in [5, 5.41) is -0.0265. The summed E-state index contributed by atoms with van der Waals surface area (Å²) in [6.07, 6.45) is 0.905. The van der Waals surface area contributed by atoms with Crippen LogP contribution < -0.4 is 0 Å². The highest BCUT2D eigenvalue weighted by Gasteiger charge is 2.32. The Morgan fingerprint density at radius 1 is 1.80 bits per heavy atom. The first-order valence-corrected chi connectivity index (χ1v) is 6.31. The highest BCUT2D eigenvalue weighted by atomic mass is 79.9. The number of methoxy groups -OCH3 is 1. The minimum atomic E-state index is -0.377. The third kappa shape index (κ3) is 2.07. The van der Waals surface area contributed by atoms with Crippen molar-refractivity contribution in [2.75, 3.05) is 13.7 Å². The second kappa shape index (κ2) is 4.59. The third-order valence-electron chi connectivity index (χ3n) is 2.33. The Kier molecular flexibility index (Phi) is 3.38. The minimum absolute atomic E-state index is 0.0265. The molecule has 0 amide bonds. The molecule has 82 valence electrons. The molecule has 15 heavy (non-hydrogen) atoms. The van der Waals surface area contributed by atoms with Crippen LogP contribution in [0.4, 0.5) is 0 Å². The number of aromatic nitrogens is 1. The number of halogens is 1. The lowest BCUT2D eigenvalue weighted by Gasteiger charge is -2.11. The van der Waals surface area contributed by atoms with E-state index in [0.717, 1.165) is 11.3 Å². The normalized spacial score (nSPS) is 25.5. The van der Waals surface area contributed by atoms with Crippen molar-refractivity contribution in [1.82, 2.24) is 4.98 Å². The van der Waals surface area contributed by atoms with Gasteiger partial charge in [-0.3, -0.25) is 0 Å². The van der Waals surface area contributed by atoms with E-state index in [9.17, 15) is 4.79 Å². The summed E-state index contributed by atoms with van der Waals surface area (Å²) >= 11 is 4.91. The molecular weight excluding hydrogens is 282 g/mol. The molecule has 2 heterocycles. The number of carbonyl (C=O) groups is 1. The molecule has 6 heteroatoms. The predicted octanol–water partition coefficient (Wildman–Crippen LogP) is 2.15. The first-order chi connectivity index (χ1) is 7.24. The highest BCUT2D eigenvalue weighted by Crippen LogP contribution is 2.38. The van der Waals surface area contributed by atoms with Gasteiger partial charge >= 0.3 is 5.97 Å². The van der Waals surface area contributed by atoms with Crippen LogP contribution in [0.2, 0.25) is 0 Å². The van der Waals surface area contributed by atoms with Gasteiger partial charge in [-0.05, 0) is 6.42 Å². The van der Waals surface area contributed by atoms with Gasteiger partial charge in [-0.25, -0.2) is 9.78 Å². The van der Waals surface area contributed by atoms with Crippen molar-refractivity contribution >= 4 is 33.2 Å². The fourth-order valence-electron chi connectivity index (χ4n) is 1.57. The monoisotopic (exact) mass is 291 g/mol. The Balaban J connectivity index is 2.28. The number of nitrogens with zero attached hydrogens (tertiary/aromatic N) is 1. The first kappa shape index (κ1) is 11.0. The molecule has 1 aromatic rings. The molecule has 0 aromatic carbocycles. The maximum Gasteiger partial charge on any atom is 0.357 e. The quantitative estimate of drug-likeness (QED) is 0.619. The van der Waals surface area contributed by atoms with Gasteiger partial charge in [0.25, 0.3) is 0 Å². The molecule has 4 nitrogen and oxygen atoms in total. The number of rotatable bonds is 2. The zero-order chi connectivity index (χ0) is 10.8. The van der Waals surface area contributed by atoms with Gasteiger partial charge in [-0.2, -0.15) is 0 Å². The van der Waals surface area contributed by atoms with E-state index in [2.05, 4.69) is 25.7 Å². The van der Waals surface area contributed by atoms with E-state index in [1.807, 2.05) is 0 Å². The molecule has 1 aliphatic rings. The van der Waals surface area contributed by atoms with Crippen LogP contribution in [0, 0.1) is 0 Å². The predicted molar refractivity (Wildman–Crippen MR) is 59.5 cm³/mol. The summed E-state index contributed by atoms with van der Waals surface area (Å²) in [5.41, 5.74) is 2.09. The van der Waals surface area contributed by atoms with E-state index >= 15 is 0 Å². The van der Waals surface area contributed by atoms with E-state index in [-0.39, 0.29) is 16.9 Å². The summed E-state index contributed by atoms with van der Waals surface area (Å²) in [5.74, 6) is -0.176. The number of esters is 1. The van der Waals surface area contributed by atoms with E-state index < -0.39 is 0 Å². The van der Waals surface area contributed by atoms with Gasteiger partial charge in [0.05, 0.1) is 12.6 Å². The number of carbonyl (C=O) groups excluding carboxylic acids is 1. The first-order valence-electron chi connectivity index (χ1n) is 4.51. The Bertz CT molecular complexity index is 368. The lowest BCUT2D eigenvalue weighted by Crippen LogP contribution is -2.11. The van der Waals surface area contributed by atoms with Gasteiger partial charge < -0.3 is 9.47 Å². The van der Waals surface area contributed by atoms with Crippen LogP contribution in [0.1, 0.15) is 27.7 Å². The average molecular weight is 292 g/mol. The van der Waals surface area contributed by atoms with Crippen LogP contribution in [0.3, 0.4) is 0 Å². The third-order valence-corrected chi connectivity index (χ3v) is 4.20. The zero-order valence-electron chi connectivity index (χ0n) is 8.10. The number of hydrogen-bond donors (Lipinski definition) is 0. The van der Waals surface area contributed by atoms with Crippen LogP contribution in [-0.4, -0.2) is 29.7 Å². The number of thiazole rings is 1. The number of ether oxygens (including phenoxy) is 2. The topological polar surface area (TPSA) is 48.4 Å². The molecule has 2 unspecified atom stereocenters. The van der Waals surface area contributed by atoms with Gasteiger partial charge in [-0.15, -0.1) is 11.3 Å². The van der Waals surface area contributed by atoms with Crippen LogP contribution in [-0.2, 0) is 9.47 Å². The van der Waals surface area contributed by atoms with Crippen molar-refractivity contribution in [3.8, 4) is 0 Å². The maximum atomic E-state index is 11.4. The van der Waals surface area contributed by atoms with Crippen LogP contribution in [0.15, 0.2) is 5.51 Å². The van der Waals surface area contributed by atoms with Crippen LogP contribution >= 0.6 is 27.3 Å². The number of hydrogen-bond acceptors (Lipinski definition) is 5. The van der Waals surface area contributed by atoms with Crippen LogP contribution in [0.5, 0.6) is 0 Å². The molecule has 0 radical (unpaired) electrons. The minimum Gasteiger partial charge on any atom is -0.464 e. The molecule has 1 fully saturated rings. The van der Waals surface area contributed by atoms with E-state index in [1.165, 1.54) is 18.4 Å². The van der Waals surface area contributed by atoms with E-state index in [4.69, 9.17) is 4.74 Å². The van der Waals surface area contributed by atoms with Gasteiger partial charge in [0.15, 0.2) is 5.69 Å². The summed E-state index contributed by atoms with van der Waals surface area (Å²) in [6.45, 7) is 0.707. The Labute approximate surface area is 99.7 Å². The molecule has 2 rings (SSSR count). The maximum absolute atomic E-state index is 11.4. The Morgan fingerprint density at radius 2 is 2.60 bits per heavy atom. The van der Waals surface area contributed by atoms with Crippen molar-refractivity contribution in [3.63, 3.8) is 0 Å². The van der Waals surface area contributed by atoms with E-state index in [1.54, 1.807) is 5.51 Å². The summed E-state index contributed by atoms with van der Waals surface area (Å²) < 4.78 is 10.1. The van der Waals surface area contributed by atoms with Gasteiger partial charge in [0, 0.05) is 17.4 Å². The second-order valence-corrected chi connectivity index (χ2v) is 4.96. The SMILES string of the molecule is COC(=O)c1ncsc1C1CCOC1Br. The van der Waals surface area contributed by atoms with Crippen molar-refractivity contribution in [3.05, 3.63) is 16.1 Å². The van der Waals surface area contributed by atoms with Gasteiger partial charge in [0.1, 0.15) is 5.01 Å². The molecule has 2 atom stereocenters. The van der Waals surface area contributed by atoms with Crippen molar-refractivity contribution in [2.45, 2.75) is 17.4 Å². The Morgan fingerprint density at radius 3 is 3.20 bits per heavy atom. The van der Waals surface area contributed by atoms with Gasteiger partial charge in [-0.1, -0.05) is 15.9 Å². The summed E-state index contributed by atoms with van der Waals surface area (Å²) in [6, 6.07) is 0. The zero-order valence-corrected chi connectivity index (χ0v) is 10.5. The van der Waals surface area contributed by atoms with E-state index in [0.29, 0.717) is 12.3 Å². The highest BCUT2D eigenvalue weighted by molar-refractivity contribution is 9.09. The molecule has 0 aliphatic carbocycles. The van der Waals surface area contributed by atoms with Gasteiger partial charge in [0.2, 0.25) is 0 Å². The molecule has 1 aliphatic heterocycles. The van der Waals surface area contributed by atoms with Crippen molar-refractivity contribution in [1.29, 1.82) is 0 Å². The number of alkyl halides is 1. The standard InChI is InChI=1S/C9H10BrNO3S/c1-13-9(12)6-7(15-4-11-6)5-2-3-14-8(5)10/h4-5,8H,2-3H2,1H3. The summed E-state index contributed by atoms with van der Waals surface area (Å²) in [7, 11) is 1.36. The molecule has 0 bridgehead atoms.